The number of ether oxygens (including phenoxy) is 1. The molecule has 4 nitrogen and oxygen atoms in total. The fraction of sp³-hybridized carbons (Fsp3) is 0.308. The Bertz CT molecular complexity index is 601. The van der Waals surface area contributed by atoms with Gasteiger partial charge in [-0.05, 0) is 18.6 Å². The number of halogens is 1. The van der Waals surface area contributed by atoms with E-state index < -0.39 is 5.63 Å². The van der Waals surface area contributed by atoms with Crippen molar-refractivity contribution in [1.29, 1.82) is 0 Å². The lowest BCUT2D eigenvalue weighted by atomic mass is 10.2. The fourth-order valence-corrected chi connectivity index (χ4v) is 2.17. The minimum Gasteiger partial charge on any atom is -0.504 e. The molecule has 0 radical (unpaired) electrons. The first kappa shape index (κ1) is 13.0. The maximum Gasteiger partial charge on any atom is 0.336 e. The number of fused-ring (bicyclic) bond motifs is 1. The molecule has 1 aromatic carbocycles. The van der Waals surface area contributed by atoms with Crippen molar-refractivity contribution in [3.63, 3.8) is 0 Å². The van der Waals surface area contributed by atoms with Crippen LogP contribution in [0, 0.1) is 0 Å². The quantitative estimate of drug-likeness (QED) is 0.696. The van der Waals surface area contributed by atoms with Gasteiger partial charge < -0.3 is 14.3 Å². The highest BCUT2D eigenvalue weighted by molar-refractivity contribution is 9.09. The van der Waals surface area contributed by atoms with Crippen molar-refractivity contribution in [3.05, 3.63) is 34.7 Å². The van der Waals surface area contributed by atoms with Crippen LogP contribution in [0.4, 0.5) is 0 Å². The maximum absolute atomic E-state index is 11.1. The van der Waals surface area contributed by atoms with E-state index in [0.717, 1.165) is 6.42 Å². The highest BCUT2D eigenvalue weighted by Crippen LogP contribution is 2.32. The Balaban J connectivity index is 2.44. The van der Waals surface area contributed by atoms with Crippen LogP contribution in [0.5, 0.6) is 11.5 Å². The Hall–Kier alpha value is -1.49. The number of alkyl halides is 1. The minimum absolute atomic E-state index is 0.0377. The van der Waals surface area contributed by atoms with Crippen LogP contribution in [0.15, 0.2) is 33.5 Å². The molecule has 0 saturated heterocycles. The van der Waals surface area contributed by atoms with Crippen molar-refractivity contribution in [2.45, 2.75) is 19.4 Å². The molecule has 18 heavy (non-hydrogen) atoms. The molecule has 2 aromatic rings. The summed E-state index contributed by atoms with van der Waals surface area (Å²) < 4.78 is 10.7. The van der Waals surface area contributed by atoms with Crippen molar-refractivity contribution >= 4 is 26.9 Å². The molecule has 0 spiro atoms. The summed E-state index contributed by atoms with van der Waals surface area (Å²) in [5.74, 6) is 0.360. The van der Waals surface area contributed by atoms with Gasteiger partial charge in [-0.15, -0.1) is 0 Å². The molecule has 1 heterocycles. The molecule has 0 saturated carbocycles. The highest BCUT2D eigenvalue weighted by atomic mass is 79.9. The van der Waals surface area contributed by atoms with E-state index in [-0.39, 0.29) is 11.9 Å². The van der Waals surface area contributed by atoms with Crippen molar-refractivity contribution in [3.8, 4) is 11.5 Å². The van der Waals surface area contributed by atoms with Crippen LogP contribution in [0.1, 0.15) is 13.3 Å². The molecule has 5 heteroatoms. The second-order valence-corrected chi connectivity index (χ2v) is 4.56. The molecule has 1 aromatic heterocycles. The smallest absolute Gasteiger partial charge is 0.336 e. The van der Waals surface area contributed by atoms with E-state index in [0.29, 0.717) is 22.0 Å². The third-order valence-corrected chi connectivity index (χ3v) is 3.34. The van der Waals surface area contributed by atoms with Crippen LogP contribution in [0.2, 0.25) is 0 Å². The summed E-state index contributed by atoms with van der Waals surface area (Å²) in [5.41, 5.74) is -0.0219. The standard InChI is InChI=1S/C13H13BrO4/c1-2-9(7-14)17-12-6-11-8(5-10(12)15)3-4-13(16)18-11/h3-6,9,15H,2,7H2,1H3. The van der Waals surface area contributed by atoms with E-state index in [1.54, 1.807) is 6.07 Å². The van der Waals surface area contributed by atoms with Gasteiger partial charge in [-0.3, -0.25) is 0 Å². The van der Waals surface area contributed by atoms with Crippen LogP contribution >= 0.6 is 15.9 Å². The molecule has 0 fully saturated rings. The zero-order chi connectivity index (χ0) is 13.1. The first-order chi connectivity index (χ1) is 8.63. The van der Waals surface area contributed by atoms with E-state index in [4.69, 9.17) is 9.15 Å². The Morgan fingerprint density at radius 2 is 2.22 bits per heavy atom. The predicted molar refractivity (Wildman–Crippen MR) is 72.6 cm³/mol. The average molecular weight is 313 g/mol. The van der Waals surface area contributed by atoms with E-state index in [2.05, 4.69) is 15.9 Å². The summed E-state index contributed by atoms with van der Waals surface area (Å²) in [6.45, 7) is 1.99. The van der Waals surface area contributed by atoms with E-state index >= 15 is 0 Å². The number of rotatable bonds is 4. The summed E-state index contributed by atoms with van der Waals surface area (Å²) in [7, 11) is 0. The van der Waals surface area contributed by atoms with Crippen molar-refractivity contribution in [2.75, 3.05) is 5.33 Å². The minimum atomic E-state index is -0.424. The van der Waals surface area contributed by atoms with Gasteiger partial charge in [-0.25, -0.2) is 4.79 Å². The molecular formula is C13H13BrO4. The molecule has 96 valence electrons. The lowest BCUT2D eigenvalue weighted by Gasteiger charge is -2.16. The zero-order valence-electron chi connectivity index (χ0n) is 9.85. The zero-order valence-corrected chi connectivity index (χ0v) is 11.4. The number of phenols is 1. The van der Waals surface area contributed by atoms with Crippen LogP contribution in [-0.2, 0) is 0 Å². The van der Waals surface area contributed by atoms with E-state index in [9.17, 15) is 9.90 Å². The van der Waals surface area contributed by atoms with Gasteiger partial charge in [0.05, 0.1) is 0 Å². The number of phenolic OH excluding ortho intramolecular Hbond substituents is 1. The van der Waals surface area contributed by atoms with Gasteiger partial charge in [0.15, 0.2) is 11.5 Å². The van der Waals surface area contributed by atoms with Gasteiger partial charge in [0, 0.05) is 22.8 Å². The Morgan fingerprint density at radius 3 is 2.89 bits per heavy atom. The maximum atomic E-state index is 11.1. The third-order valence-electron chi connectivity index (χ3n) is 2.62. The topological polar surface area (TPSA) is 59.7 Å². The Labute approximate surface area is 112 Å². The van der Waals surface area contributed by atoms with Crippen LogP contribution < -0.4 is 10.4 Å². The second kappa shape index (κ2) is 5.44. The summed E-state index contributed by atoms with van der Waals surface area (Å²) >= 11 is 3.34. The summed E-state index contributed by atoms with van der Waals surface area (Å²) in [5, 5.41) is 11.2. The lowest BCUT2D eigenvalue weighted by Crippen LogP contribution is -2.16. The van der Waals surface area contributed by atoms with Crippen molar-refractivity contribution in [1.82, 2.24) is 0 Å². The van der Waals surface area contributed by atoms with E-state index in [1.165, 1.54) is 18.2 Å². The largest absolute Gasteiger partial charge is 0.504 e. The Kier molecular flexibility index (Phi) is 3.91. The van der Waals surface area contributed by atoms with Gasteiger partial charge in [0.1, 0.15) is 11.7 Å². The van der Waals surface area contributed by atoms with Gasteiger partial charge >= 0.3 is 5.63 Å². The molecule has 0 aliphatic rings. The van der Waals surface area contributed by atoms with Gasteiger partial charge in [0.25, 0.3) is 0 Å². The molecule has 0 aliphatic heterocycles. The number of hydrogen-bond donors (Lipinski definition) is 1. The SMILES string of the molecule is CCC(CBr)Oc1cc2oc(=O)ccc2cc1O. The normalized spacial score (nSPS) is 12.6. The second-order valence-electron chi connectivity index (χ2n) is 3.91. The molecule has 0 aliphatic carbocycles. The fourth-order valence-electron chi connectivity index (χ4n) is 1.58. The molecule has 1 N–H and O–H groups in total. The lowest BCUT2D eigenvalue weighted by molar-refractivity contribution is 0.214. The highest BCUT2D eigenvalue weighted by Gasteiger charge is 2.12. The molecule has 0 bridgehead atoms. The molecule has 1 atom stereocenters. The predicted octanol–water partition coefficient (Wildman–Crippen LogP) is 3.05. The number of aromatic hydroxyl groups is 1. The summed E-state index contributed by atoms with van der Waals surface area (Å²) in [6.07, 6.45) is 0.769. The molecule has 1 unspecified atom stereocenters. The van der Waals surface area contributed by atoms with Crippen molar-refractivity contribution in [2.24, 2.45) is 0 Å². The number of benzene rings is 1. The van der Waals surface area contributed by atoms with Gasteiger partial charge in [-0.2, -0.15) is 0 Å². The van der Waals surface area contributed by atoms with Crippen molar-refractivity contribution < 1.29 is 14.3 Å². The molecular weight excluding hydrogens is 300 g/mol. The summed E-state index contributed by atoms with van der Waals surface area (Å²) in [4.78, 5) is 11.1. The summed E-state index contributed by atoms with van der Waals surface area (Å²) in [6, 6.07) is 5.98. The number of hydrogen-bond acceptors (Lipinski definition) is 4. The first-order valence-corrected chi connectivity index (χ1v) is 6.75. The monoisotopic (exact) mass is 312 g/mol. The molecule has 2 rings (SSSR count). The first-order valence-electron chi connectivity index (χ1n) is 5.63. The third kappa shape index (κ3) is 2.67. The van der Waals surface area contributed by atoms with Crippen LogP contribution in [0.25, 0.3) is 11.0 Å². The van der Waals surface area contributed by atoms with Crippen LogP contribution in [-0.4, -0.2) is 16.5 Å². The van der Waals surface area contributed by atoms with Gasteiger partial charge in [-0.1, -0.05) is 22.9 Å². The van der Waals surface area contributed by atoms with Crippen LogP contribution in [0.3, 0.4) is 0 Å². The molecule has 0 amide bonds. The van der Waals surface area contributed by atoms with E-state index in [1.807, 2.05) is 6.92 Å². The van der Waals surface area contributed by atoms with Gasteiger partial charge in [0.2, 0.25) is 0 Å². The Morgan fingerprint density at radius 1 is 1.44 bits per heavy atom. The average Bonchev–Trinajstić information content (AvgIpc) is 2.36.